The van der Waals surface area contributed by atoms with E-state index in [4.69, 9.17) is 10.5 Å². The van der Waals surface area contributed by atoms with Gasteiger partial charge < -0.3 is 10.5 Å². The number of anilines is 1. The largest absolute Gasteiger partial charge is 0.471 e. The number of aromatic nitrogens is 4. The predicted octanol–water partition coefficient (Wildman–Crippen LogP) is 1.08. The first-order valence-corrected chi connectivity index (χ1v) is 7.26. The van der Waals surface area contributed by atoms with E-state index in [9.17, 15) is 4.79 Å². The molecule has 0 atom stereocenters. The minimum absolute atomic E-state index is 0.135. The van der Waals surface area contributed by atoms with Crippen molar-refractivity contribution >= 4 is 17.9 Å². The van der Waals surface area contributed by atoms with Crippen LogP contribution in [0.15, 0.2) is 11.0 Å². The predicted molar refractivity (Wildman–Crippen MR) is 81.5 cm³/mol. The molecule has 120 valence electrons. The maximum absolute atomic E-state index is 11.7. The van der Waals surface area contributed by atoms with Crippen molar-refractivity contribution in [2.24, 2.45) is 5.92 Å². The Balaban J connectivity index is 0.000000396. The molecule has 0 aliphatic heterocycles. The fourth-order valence-electron chi connectivity index (χ4n) is 2.73. The monoisotopic (exact) mass is 307 g/mol. The standard InChI is InChI=1S/C12H17N5O.C2H4O2/c1-7-2-4-8(5-3-7)10-14-6-9-11(18)15-12(13)16-17(9)10;1-4-2-3/h6-8H,2-5H2,1H3,(H3,13,15,16,18);2H,1H3. The number of hydrogen-bond acceptors (Lipinski definition) is 6. The Hall–Kier alpha value is -2.38. The molecule has 0 amide bonds. The molecular weight excluding hydrogens is 286 g/mol. The summed E-state index contributed by atoms with van der Waals surface area (Å²) >= 11 is 0. The summed E-state index contributed by atoms with van der Waals surface area (Å²) in [6.07, 6.45) is 6.21. The molecule has 0 radical (unpaired) electrons. The average molecular weight is 307 g/mol. The number of ether oxygens (including phenoxy) is 1. The third kappa shape index (κ3) is 3.44. The van der Waals surface area contributed by atoms with Crippen LogP contribution in [-0.4, -0.2) is 33.2 Å². The summed E-state index contributed by atoms with van der Waals surface area (Å²) < 4.78 is 5.47. The molecular formula is C14H21N5O3. The molecule has 8 nitrogen and oxygen atoms in total. The first kappa shape index (κ1) is 16.0. The highest BCUT2D eigenvalue weighted by atomic mass is 16.5. The van der Waals surface area contributed by atoms with E-state index >= 15 is 0 Å². The molecule has 3 N–H and O–H groups in total. The van der Waals surface area contributed by atoms with Gasteiger partial charge in [0.2, 0.25) is 5.95 Å². The normalized spacial score (nSPS) is 21.0. The third-order valence-corrected chi connectivity index (χ3v) is 3.92. The third-order valence-electron chi connectivity index (χ3n) is 3.92. The number of aromatic amines is 1. The maximum atomic E-state index is 11.7. The van der Waals surface area contributed by atoms with Crippen molar-refractivity contribution in [2.45, 2.75) is 38.5 Å². The van der Waals surface area contributed by atoms with Crippen LogP contribution in [0.2, 0.25) is 0 Å². The van der Waals surface area contributed by atoms with Gasteiger partial charge in [-0.1, -0.05) is 19.8 Å². The van der Waals surface area contributed by atoms with Crippen molar-refractivity contribution in [1.29, 1.82) is 0 Å². The van der Waals surface area contributed by atoms with Gasteiger partial charge in [0, 0.05) is 5.92 Å². The Morgan fingerprint density at radius 3 is 2.64 bits per heavy atom. The molecule has 8 heteroatoms. The van der Waals surface area contributed by atoms with E-state index < -0.39 is 0 Å². The average Bonchev–Trinajstić information content (AvgIpc) is 2.92. The van der Waals surface area contributed by atoms with Gasteiger partial charge in [-0.15, -0.1) is 5.10 Å². The van der Waals surface area contributed by atoms with Gasteiger partial charge >= 0.3 is 0 Å². The number of imidazole rings is 1. The van der Waals surface area contributed by atoms with E-state index in [1.54, 1.807) is 10.7 Å². The summed E-state index contributed by atoms with van der Waals surface area (Å²) in [7, 11) is 1.31. The number of nitrogens with two attached hydrogens (primary N) is 1. The number of nitrogens with zero attached hydrogens (tertiary/aromatic N) is 3. The summed E-state index contributed by atoms with van der Waals surface area (Å²) in [5.41, 5.74) is 5.83. The zero-order valence-corrected chi connectivity index (χ0v) is 12.8. The summed E-state index contributed by atoms with van der Waals surface area (Å²) in [5.74, 6) is 2.18. The molecule has 1 fully saturated rings. The highest BCUT2D eigenvalue weighted by Gasteiger charge is 2.24. The number of fused-ring (bicyclic) bond motifs is 1. The zero-order valence-electron chi connectivity index (χ0n) is 12.8. The topological polar surface area (TPSA) is 115 Å². The molecule has 2 aromatic heterocycles. The van der Waals surface area contributed by atoms with Crippen LogP contribution >= 0.6 is 0 Å². The number of nitrogens with one attached hydrogen (secondary N) is 1. The van der Waals surface area contributed by atoms with Crippen LogP contribution in [-0.2, 0) is 9.53 Å². The lowest BCUT2D eigenvalue weighted by Crippen LogP contribution is -2.19. The second-order valence-electron chi connectivity index (χ2n) is 5.54. The molecule has 0 aromatic carbocycles. The lowest BCUT2D eigenvalue weighted by atomic mass is 9.83. The van der Waals surface area contributed by atoms with Crippen LogP contribution < -0.4 is 11.3 Å². The summed E-state index contributed by atoms with van der Waals surface area (Å²) in [6.45, 7) is 2.65. The van der Waals surface area contributed by atoms with Crippen LogP contribution in [0.1, 0.15) is 44.3 Å². The Bertz CT molecular complexity index is 685. The van der Waals surface area contributed by atoms with Gasteiger partial charge in [-0.3, -0.25) is 14.6 Å². The summed E-state index contributed by atoms with van der Waals surface area (Å²) in [4.78, 5) is 27.5. The first-order chi connectivity index (χ1) is 10.6. The van der Waals surface area contributed by atoms with Gasteiger partial charge in [-0.05, 0) is 18.8 Å². The van der Waals surface area contributed by atoms with E-state index in [1.807, 2.05) is 0 Å². The molecule has 3 rings (SSSR count). The molecule has 22 heavy (non-hydrogen) atoms. The number of nitrogen functional groups attached to an aromatic ring is 1. The highest BCUT2D eigenvalue weighted by Crippen LogP contribution is 2.34. The highest BCUT2D eigenvalue weighted by molar-refractivity contribution is 5.44. The Kier molecular flexibility index (Phi) is 5.13. The maximum Gasteiger partial charge on any atom is 0.292 e. The van der Waals surface area contributed by atoms with Gasteiger partial charge in [-0.2, -0.15) is 0 Å². The van der Waals surface area contributed by atoms with Crippen LogP contribution in [0.3, 0.4) is 0 Å². The Morgan fingerprint density at radius 2 is 2.05 bits per heavy atom. The van der Waals surface area contributed by atoms with Crippen LogP contribution in [0.4, 0.5) is 5.95 Å². The minimum Gasteiger partial charge on any atom is -0.471 e. The Labute approximate surface area is 127 Å². The Morgan fingerprint density at radius 1 is 1.41 bits per heavy atom. The lowest BCUT2D eigenvalue weighted by Gasteiger charge is -2.24. The van der Waals surface area contributed by atoms with Gasteiger partial charge in [0.25, 0.3) is 12.0 Å². The van der Waals surface area contributed by atoms with Crippen molar-refractivity contribution < 1.29 is 9.53 Å². The van der Waals surface area contributed by atoms with E-state index in [1.165, 1.54) is 20.0 Å². The molecule has 0 bridgehead atoms. The second kappa shape index (κ2) is 7.06. The number of H-pyrrole nitrogens is 1. The lowest BCUT2D eigenvalue weighted by molar-refractivity contribution is -0.126. The summed E-state index contributed by atoms with van der Waals surface area (Å²) in [6, 6.07) is 0. The molecule has 0 spiro atoms. The minimum atomic E-state index is -0.231. The molecule has 0 saturated heterocycles. The van der Waals surface area contributed by atoms with E-state index in [2.05, 4.69) is 26.7 Å². The van der Waals surface area contributed by atoms with E-state index in [-0.39, 0.29) is 11.5 Å². The first-order valence-electron chi connectivity index (χ1n) is 7.26. The number of carbonyl (C=O) groups excluding carboxylic acids is 1. The van der Waals surface area contributed by atoms with Crippen molar-refractivity contribution in [3.05, 3.63) is 22.4 Å². The van der Waals surface area contributed by atoms with Crippen molar-refractivity contribution in [3.63, 3.8) is 0 Å². The van der Waals surface area contributed by atoms with E-state index in [0.717, 1.165) is 24.6 Å². The fraction of sp³-hybridized carbons (Fsp3) is 0.571. The molecule has 0 unspecified atom stereocenters. The second-order valence-corrected chi connectivity index (χ2v) is 5.54. The van der Waals surface area contributed by atoms with Gasteiger partial charge in [0.15, 0.2) is 5.52 Å². The molecule has 1 aliphatic carbocycles. The zero-order chi connectivity index (χ0) is 16.1. The van der Waals surface area contributed by atoms with Gasteiger partial charge in [0.1, 0.15) is 5.82 Å². The quantitative estimate of drug-likeness (QED) is 0.802. The van der Waals surface area contributed by atoms with Crippen LogP contribution in [0, 0.1) is 5.92 Å². The van der Waals surface area contributed by atoms with Crippen LogP contribution in [0.25, 0.3) is 5.52 Å². The number of hydrogen-bond donors (Lipinski definition) is 2. The number of rotatable bonds is 2. The van der Waals surface area contributed by atoms with E-state index in [0.29, 0.717) is 17.9 Å². The molecule has 2 heterocycles. The summed E-state index contributed by atoms with van der Waals surface area (Å²) in [5, 5.41) is 4.17. The number of carbonyl (C=O) groups is 1. The van der Waals surface area contributed by atoms with Crippen molar-refractivity contribution in [2.75, 3.05) is 12.8 Å². The van der Waals surface area contributed by atoms with Gasteiger partial charge in [-0.25, -0.2) is 9.50 Å². The molecule has 1 aliphatic rings. The molecule has 1 saturated carbocycles. The van der Waals surface area contributed by atoms with Gasteiger partial charge in [0.05, 0.1) is 13.3 Å². The fourth-order valence-corrected chi connectivity index (χ4v) is 2.73. The van der Waals surface area contributed by atoms with Crippen LogP contribution in [0.5, 0.6) is 0 Å². The number of methoxy groups -OCH3 is 1. The van der Waals surface area contributed by atoms with Crippen molar-refractivity contribution in [1.82, 2.24) is 19.6 Å². The molecule has 2 aromatic rings. The smallest absolute Gasteiger partial charge is 0.292 e. The SMILES string of the molecule is CC1CCC(c2ncc3c(=O)[nH]c(N)nn23)CC1.COC=O. The van der Waals surface area contributed by atoms with Crippen molar-refractivity contribution in [3.8, 4) is 0 Å².